The molecule has 0 saturated heterocycles. The number of hydrogen-bond donors (Lipinski definition) is 2. The molecule has 0 spiro atoms. The molecule has 0 bridgehead atoms. The fraction of sp³-hybridized carbons (Fsp3) is 0.444. The topological polar surface area (TPSA) is 68.4 Å². The Morgan fingerprint density at radius 3 is 2.85 bits per heavy atom. The van der Waals surface area contributed by atoms with E-state index in [1.54, 1.807) is 13.0 Å². The molecule has 0 saturated carbocycles. The average molecular weight is 182 g/mol. The van der Waals surface area contributed by atoms with Gasteiger partial charge in [-0.2, -0.15) is 0 Å². The Bertz CT molecular complexity index is 287. The Morgan fingerprint density at radius 2 is 2.31 bits per heavy atom. The number of pyridine rings is 1. The van der Waals surface area contributed by atoms with Crippen LogP contribution < -0.4 is 10.5 Å². The van der Waals surface area contributed by atoms with Crippen LogP contribution in [0.2, 0.25) is 0 Å². The molecule has 72 valence electrons. The lowest BCUT2D eigenvalue weighted by atomic mass is 10.3. The van der Waals surface area contributed by atoms with Crippen LogP contribution in [0.4, 0.5) is 5.82 Å². The van der Waals surface area contributed by atoms with Crippen LogP contribution in [0.1, 0.15) is 12.6 Å². The van der Waals surface area contributed by atoms with Gasteiger partial charge in [0.05, 0.1) is 6.10 Å². The average Bonchev–Trinajstić information content (AvgIpc) is 2.02. The maximum absolute atomic E-state index is 8.97. The molecule has 1 heterocycles. The largest absolute Gasteiger partial charge is 0.487 e. The van der Waals surface area contributed by atoms with Gasteiger partial charge < -0.3 is 15.6 Å². The molecule has 0 fully saturated rings. The summed E-state index contributed by atoms with van der Waals surface area (Å²) in [5, 5.41) is 8.97. The maximum atomic E-state index is 8.97. The third-order valence-corrected chi connectivity index (χ3v) is 1.51. The number of hydrogen-bond acceptors (Lipinski definition) is 4. The molecule has 1 rings (SSSR count). The fourth-order valence-corrected chi connectivity index (χ4v) is 0.896. The van der Waals surface area contributed by atoms with Gasteiger partial charge in [-0.25, -0.2) is 4.98 Å². The Labute approximate surface area is 77.4 Å². The predicted molar refractivity (Wildman–Crippen MR) is 50.6 cm³/mol. The van der Waals surface area contributed by atoms with Gasteiger partial charge in [0.15, 0.2) is 11.6 Å². The number of aliphatic hydroxyl groups excluding tert-OH is 1. The number of aryl methyl sites for hydroxylation is 1. The minimum atomic E-state index is -0.499. The highest BCUT2D eigenvalue weighted by atomic mass is 16.5. The summed E-state index contributed by atoms with van der Waals surface area (Å²) in [6.07, 6.45) is -0.499. The zero-order valence-corrected chi connectivity index (χ0v) is 7.82. The minimum Gasteiger partial charge on any atom is -0.487 e. The van der Waals surface area contributed by atoms with E-state index >= 15 is 0 Å². The van der Waals surface area contributed by atoms with E-state index in [1.807, 2.05) is 13.0 Å². The van der Waals surface area contributed by atoms with Crippen LogP contribution >= 0.6 is 0 Å². The van der Waals surface area contributed by atoms with Crippen molar-refractivity contribution in [2.45, 2.75) is 20.0 Å². The summed E-state index contributed by atoms with van der Waals surface area (Å²) in [5.74, 6) is 0.882. The van der Waals surface area contributed by atoms with Gasteiger partial charge in [-0.1, -0.05) is 0 Å². The summed E-state index contributed by atoms with van der Waals surface area (Å²) in [7, 11) is 0. The molecule has 4 heteroatoms. The first-order chi connectivity index (χ1) is 6.09. The highest BCUT2D eigenvalue weighted by Crippen LogP contribution is 2.18. The molecule has 0 aliphatic heterocycles. The lowest BCUT2D eigenvalue weighted by Gasteiger charge is -2.09. The van der Waals surface area contributed by atoms with Crippen LogP contribution in [-0.4, -0.2) is 22.8 Å². The van der Waals surface area contributed by atoms with Gasteiger partial charge in [0, 0.05) is 5.69 Å². The van der Waals surface area contributed by atoms with Crippen molar-refractivity contribution in [1.29, 1.82) is 0 Å². The van der Waals surface area contributed by atoms with E-state index < -0.39 is 6.10 Å². The molecule has 3 N–H and O–H groups in total. The summed E-state index contributed by atoms with van der Waals surface area (Å²) in [6, 6.07) is 3.56. The molecule has 13 heavy (non-hydrogen) atoms. The van der Waals surface area contributed by atoms with E-state index in [9.17, 15) is 0 Å². The van der Waals surface area contributed by atoms with Crippen molar-refractivity contribution < 1.29 is 9.84 Å². The molecular formula is C9H14N2O2. The Balaban J connectivity index is 2.67. The summed E-state index contributed by atoms with van der Waals surface area (Å²) in [6.45, 7) is 3.74. The maximum Gasteiger partial charge on any atom is 0.166 e. The molecule has 0 aliphatic rings. The van der Waals surface area contributed by atoms with Gasteiger partial charge in [-0.3, -0.25) is 0 Å². The molecule has 1 unspecified atom stereocenters. The predicted octanol–water partition coefficient (Wildman–Crippen LogP) is 0.732. The molecule has 4 nitrogen and oxygen atoms in total. The van der Waals surface area contributed by atoms with Crippen molar-refractivity contribution in [1.82, 2.24) is 4.98 Å². The zero-order chi connectivity index (χ0) is 9.84. The minimum absolute atomic E-state index is 0.231. The van der Waals surface area contributed by atoms with Crippen LogP contribution in [0.5, 0.6) is 5.75 Å². The van der Waals surface area contributed by atoms with Crippen LogP contribution in [0, 0.1) is 6.92 Å². The number of aliphatic hydroxyl groups is 1. The Kier molecular flexibility index (Phi) is 3.08. The molecule has 0 aromatic carbocycles. The van der Waals surface area contributed by atoms with E-state index in [1.165, 1.54) is 0 Å². The van der Waals surface area contributed by atoms with Gasteiger partial charge in [0.2, 0.25) is 0 Å². The zero-order valence-electron chi connectivity index (χ0n) is 7.82. The Morgan fingerprint density at radius 1 is 1.62 bits per heavy atom. The fourth-order valence-electron chi connectivity index (χ4n) is 0.896. The number of aromatic nitrogens is 1. The second kappa shape index (κ2) is 4.09. The van der Waals surface area contributed by atoms with E-state index in [0.29, 0.717) is 11.6 Å². The second-order valence-corrected chi connectivity index (χ2v) is 3.00. The summed E-state index contributed by atoms with van der Waals surface area (Å²) < 4.78 is 5.22. The lowest BCUT2D eigenvalue weighted by molar-refractivity contribution is 0.123. The van der Waals surface area contributed by atoms with Crippen LogP contribution in [0.15, 0.2) is 12.1 Å². The standard InChI is InChI=1S/C9H14N2O2/c1-6-3-4-8(9(10)11-6)13-5-7(2)12/h3-4,7,12H,5H2,1-2H3,(H2,10,11). The smallest absolute Gasteiger partial charge is 0.166 e. The van der Waals surface area contributed by atoms with E-state index in [2.05, 4.69) is 4.98 Å². The van der Waals surface area contributed by atoms with Gasteiger partial charge >= 0.3 is 0 Å². The van der Waals surface area contributed by atoms with Crippen molar-refractivity contribution in [2.24, 2.45) is 0 Å². The highest BCUT2D eigenvalue weighted by molar-refractivity contribution is 5.46. The lowest BCUT2D eigenvalue weighted by Crippen LogP contribution is -2.13. The molecule has 0 amide bonds. The summed E-state index contributed by atoms with van der Waals surface area (Å²) in [5.41, 5.74) is 6.44. The normalized spacial score (nSPS) is 12.5. The molecule has 1 aromatic rings. The molecule has 0 radical (unpaired) electrons. The highest BCUT2D eigenvalue weighted by Gasteiger charge is 2.03. The van der Waals surface area contributed by atoms with Gasteiger partial charge in [-0.15, -0.1) is 0 Å². The number of nitrogen functional groups attached to an aromatic ring is 1. The Hall–Kier alpha value is -1.29. The molecule has 0 aliphatic carbocycles. The monoisotopic (exact) mass is 182 g/mol. The van der Waals surface area contributed by atoms with Gasteiger partial charge in [0.25, 0.3) is 0 Å². The van der Waals surface area contributed by atoms with E-state index in [4.69, 9.17) is 15.6 Å². The van der Waals surface area contributed by atoms with E-state index in [-0.39, 0.29) is 6.61 Å². The molecule has 1 atom stereocenters. The summed E-state index contributed by atoms with van der Waals surface area (Å²) in [4.78, 5) is 4.02. The molecular weight excluding hydrogens is 168 g/mol. The second-order valence-electron chi connectivity index (χ2n) is 3.00. The number of anilines is 1. The van der Waals surface area contributed by atoms with Crippen molar-refractivity contribution >= 4 is 5.82 Å². The SMILES string of the molecule is Cc1ccc(OCC(C)O)c(N)n1. The molecule has 1 aromatic heterocycles. The third kappa shape index (κ3) is 2.91. The van der Waals surface area contributed by atoms with Gasteiger partial charge in [0.1, 0.15) is 6.61 Å². The number of nitrogens with zero attached hydrogens (tertiary/aromatic N) is 1. The number of rotatable bonds is 3. The van der Waals surface area contributed by atoms with Crippen LogP contribution in [-0.2, 0) is 0 Å². The van der Waals surface area contributed by atoms with Crippen LogP contribution in [0.3, 0.4) is 0 Å². The van der Waals surface area contributed by atoms with E-state index in [0.717, 1.165) is 5.69 Å². The van der Waals surface area contributed by atoms with Crippen LogP contribution in [0.25, 0.3) is 0 Å². The third-order valence-electron chi connectivity index (χ3n) is 1.51. The first-order valence-corrected chi connectivity index (χ1v) is 4.13. The van der Waals surface area contributed by atoms with Crippen molar-refractivity contribution in [3.05, 3.63) is 17.8 Å². The van der Waals surface area contributed by atoms with Crippen molar-refractivity contribution in [3.63, 3.8) is 0 Å². The van der Waals surface area contributed by atoms with Crippen molar-refractivity contribution in [3.8, 4) is 5.75 Å². The van der Waals surface area contributed by atoms with Crippen molar-refractivity contribution in [2.75, 3.05) is 12.3 Å². The quantitative estimate of drug-likeness (QED) is 0.723. The summed E-state index contributed by atoms with van der Waals surface area (Å²) >= 11 is 0. The number of ether oxygens (including phenoxy) is 1. The number of nitrogens with two attached hydrogens (primary N) is 1. The first-order valence-electron chi connectivity index (χ1n) is 4.13. The van der Waals surface area contributed by atoms with Gasteiger partial charge in [-0.05, 0) is 26.0 Å². The first kappa shape index (κ1) is 9.80.